The summed E-state index contributed by atoms with van der Waals surface area (Å²) < 4.78 is 0. The van der Waals surface area contributed by atoms with Crippen LogP contribution >= 0.6 is 47.5 Å². The highest BCUT2D eigenvalue weighted by molar-refractivity contribution is 7.12. The van der Waals surface area contributed by atoms with Gasteiger partial charge in [0.05, 0.1) is 6.04 Å². The Bertz CT molecular complexity index is 493. The molecule has 2 aromatic rings. The maximum Gasteiger partial charge on any atom is 0.0790 e. The SMILES string of the molecule is Cc1ccc([C@@H](c2cccs2)N2CCNCC2)s1.Cl.Cl. The standard InChI is InChI=1S/C14H18N2S2.2ClH/c1-11-4-5-13(18-11)14(12-3-2-10-17-12)16-8-6-15-7-9-16;;/h2-5,10,14-15H,6-9H2,1H3;2*1H/t14-;;/m1../s1. The molecule has 0 radical (unpaired) electrons. The molecule has 3 rings (SSSR count). The van der Waals surface area contributed by atoms with Crippen molar-refractivity contribution in [3.8, 4) is 0 Å². The summed E-state index contributed by atoms with van der Waals surface area (Å²) in [5.41, 5.74) is 0. The number of halogens is 2. The zero-order valence-electron chi connectivity index (χ0n) is 11.4. The van der Waals surface area contributed by atoms with Crippen molar-refractivity contribution in [1.29, 1.82) is 0 Å². The highest BCUT2D eigenvalue weighted by atomic mass is 35.5. The lowest BCUT2D eigenvalue weighted by molar-refractivity contribution is 0.203. The third-order valence-electron chi connectivity index (χ3n) is 3.36. The fourth-order valence-electron chi connectivity index (χ4n) is 2.49. The van der Waals surface area contributed by atoms with Crippen LogP contribution in [0.4, 0.5) is 0 Å². The van der Waals surface area contributed by atoms with Gasteiger partial charge in [-0.05, 0) is 30.5 Å². The van der Waals surface area contributed by atoms with Gasteiger partial charge in [0.1, 0.15) is 0 Å². The van der Waals surface area contributed by atoms with Crippen LogP contribution < -0.4 is 5.32 Å². The van der Waals surface area contributed by atoms with Crippen molar-refractivity contribution in [2.24, 2.45) is 0 Å². The molecule has 20 heavy (non-hydrogen) atoms. The lowest BCUT2D eigenvalue weighted by atomic mass is 10.1. The lowest BCUT2D eigenvalue weighted by Crippen LogP contribution is -2.45. The minimum atomic E-state index is 0. The van der Waals surface area contributed by atoms with E-state index in [2.05, 4.69) is 46.8 Å². The quantitative estimate of drug-likeness (QED) is 0.901. The predicted molar refractivity (Wildman–Crippen MR) is 94.2 cm³/mol. The first kappa shape index (κ1) is 18.0. The van der Waals surface area contributed by atoms with Gasteiger partial charge >= 0.3 is 0 Å². The molecule has 112 valence electrons. The highest BCUT2D eigenvalue weighted by Crippen LogP contribution is 2.35. The van der Waals surface area contributed by atoms with Crippen molar-refractivity contribution in [3.63, 3.8) is 0 Å². The van der Waals surface area contributed by atoms with Crippen LogP contribution in [0.2, 0.25) is 0 Å². The Morgan fingerprint density at radius 2 is 1.85 bits per heavy atom. The molecule has 0 aliphatic carbocycles. The van der Waals surface area contributed by atoms with Gasteiger partial charge in [-0.15, -0.1) is 47.5 Å². The Kier molecular flexibility index (Phi) is 7.51. The first-order valence-corrected chi connectivity index (χ1v) is 8.09. The summed E-state index contributed by atoms with van der Waals surface area (Å²) in [6, 6.07) is 9.43. The average molecular weight is 351 g/mol. The first-order valence-electron chi connectivity index (χ1n) is 6.39. The van der Waals surface area contributed by atoms with E-state index in [-0.39, 0.29) is 24.8 Å². The van der Waals surface area contributed by atoms with Crippen molar-refractivity contribution in [1.82, 2.24) is 10.2 Å². The number of piperazine rings is 1. The number of aryl methyl sites for hydroxylation is 1. The van der Waals surface area contributed by atoms with Crippen molar-refractivity contribution >= 4 is 47.5 Å². The van der Waals surface area contributed by atoms with Crippen LogP contribution in [0.15, 0.2) is 29.6 Å². The minimum Gasteiger partial charge on any atom is -0.314 e. The summed E-state index contributed by atoms with van der Waals surface area (Å²) in [5, 5.41) is 5.62. The van der Waals surface area contributed by atoms with Gasteiger partial charge in [0.15, 0.2) is 0 Å². The summed E-state index contributed by atoms with van der Waals surface area (Å²) in [7, 11) is 0. The van der Waals surface area contributed by atoms with Crippen molar-refractivity contribution < 1.29 is 0 Å². The number of rotatable bonds is 3. The van der Waals surface area contributed by atoms with Gasteiger partial charge in [-0.1, -0.05) is 6.07 Å². The topological polar surface area (TPSA) is 15.3 Å². The molecule has 1 aliphatic rings. The molecule has 0 bridgehead atoms. The molecular weight excluding hydrogens is 331 g/mol. The van der Waals surface area contributed by atoms with E-state index in [1.165, 1.54) is 14.6 Å². The van der Waals surface area contributed by atoms with E-state index in [0.29, 0.717) is 6.04 Å². The van der Waals surface area contributed by atoms with E-state index in [1.807, 2.05) is 22.7 Å². The first-order chi connectivity index (χ1) is 8.84. The third kappa shape index (κ3) is 3.97. The molecule has 6 heteroatoms. The van der Waals surface area contributed by atoms with Crippen LogP contribution in [0.25, 0.3) is 0 Å². The van der Waals surface area contributed by atoms with E-state index in [0.717, 1.165) is 26.2 Å². The normalized spacial score (nSPS) is 17.1. The Balaban J connectivity index is 0.000001000. The number of thiophene rings is 2. The third-order valence-corrected chi connectivity index (χ3v) is 5.34. The smallest absolute Gasteiger partial charge is 0.0790 e. The van der Waals surface area contributed by atoms with E-state index >= 15 is 0 Å². The van der Waals surface area contributed by atoms with Gasteiger partial charge in [0, 0.05) is 40.8 Å². The predicted octanol–water partition coefficient (Wildman–Crippen LogP) is 3.96. The second kappa shape index (κ2) is 8.37. The highest BCUT2D eigenvalue weighted by Gasteiger charge is 2.25. The van der Waals surface area contributed by atoms with Crippen molar-refractivity contribution in [2.45, 2.75) is 13.0 Å². The van der Waals surface area contributed by atoms with Crippen LogP contribution in [0.5, 0.6) is 0 Å². The second-order valence-electron chi connectivity index (χ2n) is 4.65. The molecule has 0 aromatic carbocycles. The van der Waals surface area contributed by atoms with E-state index in [4.69, 9.17) is 0 Å². The molecule has 1 aliphatic heterocycles. The summed E-state index contributed by atoms with van der Waals surface area (Å²) in [5.74, 6) is 0. The number of nitrogens with one attached hydrogen (secondary N) is 1. The molecule has 2 aromatic heterocycles. The largest absolute Gasteiger partial charge is 0.314 e. The molecular formula is C14H20Cl2N2S2. The van der Waals surface area contributed by atoms with Crippen LogP contribution in [-0.2, 0) is 0 Å². The fraction of sp³-hybridized carbons (Fsp3) is 0.429. The van der Waals surface area contributed by atoms with Gasteiger partial charge in [0.25, 0.3) is 0 Å². The summed E-state index contributed by atoms with van der Waals surface area (Å²) in [6.45, 7) is 6.68. The molecule has 1 fully saturated rings. The zero-order chi connectivity index (χ0) is 12.4. The van der Waals surface area contributed by atoms with Crippen LogP contribution in [-0.4, -0.2) is 31.1 Å². The molecule has 3 heterocycles. The monoisotopic (exact) mass is 350 g/mol. The zero-order valence-corrected chi connectivity index (χ0v) is 14.6. The van der Waals surface area contributed by atoms with Gasteiger partial charge in [0.2, 0.25) is 0 Å². The molecule has 2 nitrogen and oxygen atoms in total. The van der Waals surface area contributed by atoms with E-state index < -0.39 is 0 Å². The van der Waals surface area contributed by atoms with E-state index in [1.54, 1.807) is 0 Å². The maximum atomic E-state index is 3.44. The molecule has 0 saturated carbocycles. The molecule has 0 spiro atoms. The summed E-state index contributed by atoms with van der Waals surface area (Å²) >= 11 is 3.81. The van der Waals surface area contributed by atoms with Gasteiger partial charge in [-0.25, -0.2) is 0 Å². The van der Waals surface area contributed by atoms with Gasteiger partial charge < -0.3 is 5.32 Å². The van der Waals surface area contributed by atoms with E-state index in [9.17, 15) is 0 Å². The Labute approximate surface area is 141 Å². The summed E-state index contributed by atoms with van der Waals surface area (Å²) in [4.78, 5) is 6.96. The Morgan fingerprint density at radius 3 is 2.40 bits per heavy atom. The van der Waals surface area contributed by atoms with Crippen LogP contribution in [0.1, 0.15) is 20.7 Å². The molecule has 1 saturated heterocycles. The Hall–Kier alpha value is -0.100. The molecule has 0 unspecified atom stereocenters. The van der Waals surface area contributed by atoms with Gasteiger partial charge in [-0.3, -0.25) is 4.90 Å². The fourth-order valence-corrected chi connectivity index (χ4v) is 4.47. The van der Waals surface area contributed by atoms with Crippen LogP contribution in [0, 0.1) is 6.92 Å². The average Bonchev–Trinajstić information content (AvgIpc) is 3.04. The minimum absolute atomic E-state index is 0. The Morgan fingerprint density at radius 1 is 1.10 bits per heavy atom. The maximum absolute atomic E-state index is 3.44. The summed E-state index contributed by atoms with van der Waals surface area (Å²) in [6.07, 6.45) is 0. The lowest BCUT2D eigenvalue weighted by Gasteiger charge is -2.34. The number of hydrogen-bond donors (Lipinski definition) is 1. The molecule has 1 atom stereocenters. The number of nitrogens with zero attached hydrogens (tertiary/aromatic N) is 1. The van der Waals surface area contributed by atoms with Crippen LogP contribution in [0.3, 0.4) is 0 Å². The number of hydrogen-bond acceptors (Lipinski definition) is 4. The van der Waals surface area contributed by atoms with Crippen molar-refractivity contribution in [3.05, 3.63) is 44.3 Å². The molecule has 0 amide bonds. The second-order valence-corrected chi connectivity index (χ2v) is 6.95. The van der Waals surface area contributed by atoms with Crippen molar-refractivity contribution in [2.75, 3.05) is 26.2 Å². The van der Waals surface area contributed by atoms with Gasteiger partial charge in [-0.2, -0.15) is 0 Å². The molecule has 1 N–H and O–H groups in total.